The van der Waals surface area contributed by atoms with Gasteiger partial charge in [-0.1, -0.05) is 30.3 Å². The summed E-state index contributed by atoms with van der Waals surface area (Å²) in [4.78, 5) is 36.2. The molecule has 6 heteroatoms. The number of fused-ring (bicyclic) bond motifs is 1. The summed E-state index contributed by atoms with van der Waals surface area (Å²) in [7, 11) is 0. The highest BCUT2D eigenvalue weighted by atomic mass is 16.5. The molecule has 0 aromatic heterocycles. The molecule has 0 heterocycles. The minimum absolute atomic E-state index is 0.183. The lowest BCUT2D eigenvalue weighted by Crippen LogP contribution is -2.31. The maximum atomic E-state index is 12.5. The molecule has 30 heavy (non-hydrogen) atoms. The van der Waals surface area contributed by atoms with Crippen molar-refractivity contribution in [3.63, 3.8) is 0 Å². The summed E-state index contributed by atoms with van der Waals surface area (Å²) < 4.78 is 5.19. The van der Waals surface area contributed by atoms with Gasteiger partial charge in [0.25, 0.3) is 5.91 Å². The third-order valence-electron chi connectivity index (χ3n) is 5.38. The van der Waals surface area contributed by atoms with Crippen molar-refractivity contribution in [2.75, 3.05) is 11.9 Å². The first-order chi connectivity index (χ1) is 14.3. The van der Waals surface area contributed by atoms with Crippen LogP contribution in [0.25, 0.3) is 0 Å². The van der Waals surface area contributed by atoms with Crippen molar-refractivity contribution < 1.29 is 19.1 Å². The second-order valence-electron chi connectivity index (χ2n) is 7.78. The number of anilines is 1. The van der Waals surface area contributed by atoms with Gasteiger partial charge in [0.15, 0.2) is 6.61 Å². The average Bonchev–Trinajstić information content (AvgIpc) is 2.72. The molecule has 2 amide bonds. The van der Waals surface area contributed by atoms with E-state index >= 15 is 0 Å². The van der Waals surface area contributed by atoms with E-state index in [0.717, 1.165) is 24.0 Å². The molecule has 0 bridgehead atoms. The molecule has 2 N–H and O–H groups in total. The molecular weight excluding hydrogens is 380 g/mol. The SMILES string of the molecule is CC(=O)Nc1c(C)cccc1C(=O)OCC(=O)NC(C)c1ccc2c(c1)CCCC2. The van der Waals surface area contributed by atoms with Crippen LogP contribution >= 0.6 is 0 Å². The summed E-state index contributed by atoms with van der Waals surface area (Å²) in [5, 5.41) is 5.53. The molecule has 0 fully saturated rings. The van der Waals surface area contributed by atoms with Gasteiger partial charge in [-0.05, 0) is 67.9 Å². The Labute approximate surface area is 177 Å². The van der Waals surface area contributed by atoms with Crippen LogP contribution in [0.15, 0.2) is 36.4 Å². The number of carbonyl (C=O) groups is 3. The maximum absolute atomic E-state index is 12.5. The minimum atomic E-state index is -0.654. The van der Waals surface area contributed by atoms with Crippen molar-refractivity contribution in [1.29, 1.82) is 0 Å². The molecule has 0 aliphatic heterocycles. The number of esters is 1. The fraction of sp³-hybridized carbons (Fsp3) is 0.375. The molecule has 0 radical (unpaired) electrons. The van der Waals surface area contributed by atoms with Crippen LogP contribution in [0, 0.1) is 6.92 Å². The Balaban J connectivity index is 1.59. The summed E-state index contributed by atoms with van der Waals surface area (Å²) in [5.41, 5.74) is 5.16. The molecule has 1 aliphatic rings. The zero-order valence-electron chi connectivity index (χ0n) is 17.7. The zero-order valence-corrected chi connectivity index (χ0v) is 17.7. The van der Waals surface area contributed by atoms with Gasteiger partial charge in [-0.2, -0.15) is 0 Å². The Morgan fingerprint density at radius 3 is 2.53 bits per heavy atom. The van der Waals surface area contributed by atoms with E-state index in [1.54, 1.807) is 25.1 Å². The maximum Gasteiger partial charge on any atom is 0.340 e. The van der Waals surface area contributed by atoms with E-state index in [1.807, 2.05) is 13.0 Å². The second kappa shape index (κ2) is 9.57. The predicted molar refractivity (Wildman–Crippen MR) is 115 cm³/mol. The van der Waals surface area contributed by atoms with E-state index in [2.05, 4.69) is 22.8 Å². The number of nitrogens with one attached hydrogen (secondary N) is 2. The molecule has 0 saturated heterocycles. The highest BCUT2D eigenvalue weighted by molar-refractivity contribution is 6.02. The molecule has 158 valence electrons. The Bertz CT molecular complexity index is 968. The van der Waals surface area contributed by atoms with Gasteiger partial charge in [0, 0.05) is 6.92 Å². The van der Waals surface area contributed by atoms with Crippen molar-refractivity contribution in [1.82, 2.24) is 5.32 Å². The van der Waals surface area contributed by atoms with Gasteiger partial charge in [-0.15, -0.1) is 0 Å². The van der Waals surface area contributed by atoms with Crippen LogP contribution in [0.2, 0.25) is 0 Å². The van der Waals surface area contributed by atoms with Crippen LogP contribution in [0.1, 0.15) is 65.3 Å². The van der Waals surface area contributed by atoms with Crippen LogP contribution in [0.3, 0.4) is 0 Å². The standard InChI is InChI=1S/C24H28N2O4/c1-15-7-6-10-21(23(15)26-17(3)27)24(29)30-14-22(28)25-16(2)19-12-11-18-8-4-5-9-20(18)13-19/h6-7,10-13,16H,4-5,8-9,14H2,1-3H3,(H,25,28)(H,26,27). The molecule has 1 unspecified atom stereocenters. The van der Waals surface area contributed by atoms with Crippen LogP contribution in [-0.4, -0.2) is 24.4 Å². The minimum Gasteiger partial charge on any atom is -0.452 e. The van der Waals surface area contributed by atoms with Crippen molar-refractivity contribution in [3.05, 3.63) is 64.2 Å². The summed E-state index contributed by atoms with van der Waals surface area (Å²) in [6.07, 6.45) is 4.63. The van der Waals surface area contributed by atoms with E-state index < -0.39 is 5.97 Å². The number of carbonyl (C=O) groups excluding carboxylic acids is 3. The van der Waals surface area contributed by atoms with Crippen LogP contribution in [0.5, 0.6) is 0 Å². The van der Waals surface area contributed by atoms with Gasteiger partial charge >= 0.3 is 5.97 Å². The van der Waals surface area contributed by atoms with Gasteiger partial charge < -0.3 is 15.4 Å². The van der Waals surface area contributed by atoms with Crippen LogP contribution in [0.4, 0.5) is 5.69 Å². The lowest BCUT2D eigenvalue weighted by Gasteiger charge is -2.20. The normalized spacial score (nSPS) is 13.7. The van der Waals surface area contributed by atoms with Crippen molar-refractivity contribution in [2.24, 2.45) is 0 Å². The number of benzene rings is 2. The molecular formula is C24H28N2O4. The summed E-state index contributed by atoms with van der Waals surface area (Å²) in [6, 6.07) is 11.2. The molecule has 1 aliphatic carbocycles. The first kappa shape index (κ1) is 21.6. The number of rotatable bonds is 6. The molecule has 6 nitrogen and oxygen atoms in total. The van der Waals surface area contributed by atoms with Crippen molar-refractivity contribution in [3.8, 4) is 0 Å². The smallest absolute Gasteiger partial charge is 0.340 e. The second-order valence-corrected chi connectivity index (χ2v) is 7.78. The predicted octanol–water partition coefficient (Wildman–Crippen LogP) is 3.87. The Hall–Kier alpha value is -3.15. The number of amides is 2. The highest BCUT2D eigenvalue weighted by Crippen LogP contribution is 2.25. The fourth-order valence-corrected chi connectivity index (χ4v) is 3.78. The Morgan fingerprint density at radius 1 is 1.07 bits per heavy atom. The number of aryl methyl sites for hydroxylation is 3. The topological polar surface area (TPSA) is 84.5 Å². The number of hydrogen-bond acceptors (Lipinski definition) is 4. The average molecular weight is 408 g/mol. The van der Waals surface area contributed by atoms with Gasteiger partial charge in [-0.3, -0.25) is 9.59 Å². The highest BCUT2D eigenvalue weighted by Gasteiger charge is 2.18. The Kier molecular flexibility index (Phi) is 6.87. The summed E-state index contributed by atoms with van der Waals surface area (Å²) in [6.45, 7) is 4.69. The molecule has 3 rings (SSSR count). The van der Waals surface area contributed by atoms with Crippen LogP contribution < -0.4 is 10.6 Å². The van der Waals surface area contributed by atoms with E-state index in [1.165, 1.54) is 30.9 Å². The van der Waals surface area contributed by atoms with E-state index in [-0.39, 0.29) is 30.0 Å². The van der Waals surface area contributed by atoms with Gasteiger partial charge in [0.2, 0.25) is 5.91 Å². The first-order valence-electron chi connectivity index (χ1n) is 10.3. The van der Waals surface area contributed by atoms with Gasteiger partial charge in [-0.25, -0.2) is 4.79 Å². The van der Waals surface area contributed by atoms with Crippen LogP contribution in [-0.2, 0) is 27.2 Å². The third kappa shape index (κ3) is 5.26. The quantitative estimate of drug-likeness (QED) is 0.711. The molecule has 0 spiro atoms. The lowest BCUT2D eigenvalue weighted by molar-refractivity contribution is -0.124. The monoisotopic (exact) mass is 408 g/mol. The largest absolute Gasteiger partial charge is 0.452 e. The molecule has 2 aromatic carbocycles. The molecule has 2 aromatic rings. The summed E-state index contributed by atoms with van der Waals surface area (Å²) >= 11 is 0. The Morgan fingerprint density at radius 2 is 1.80 bits per heavy atom. The first-order valence-corrected chi connectivity index (χ1v) is 10.3. The third-order valence-corrected chi connectivity index (χ3v) is 5.38. The number of ether oxygens (including phenoxy) is 1. The number of hydrogen-bond donors (Lipinski definition) is 2. The molecule has 1 atom stereocenters. The van der Waals surface area contributed by atoms with Crippen molar-refractivity contribution in [2.45, 2.75) is 52.5 Å². The molecule has 0 saturated carbocycles. The number of para-hydroxylation sites is 1. The van der Waals surface area contributed by atoms with Crippen molar-refractivity contribution >= 4 is 23.5 Å². The van der Waals surface area contributed by atoms with E-state index in [9.17, 15) is 14.4 Å². The zero-order chi connectivity index (χ0) is 21.7. The van der Waals surface area contributed by atoms with Gasteiger partial charge in [0.05, 0.1) is 17.3 Å². The summed E-state index contributed by atoms with van der Waals surface area (Å²) in [5.74, 6) is -1.31. The van der Waals surface area contributed by atoms with Gasteiger partial charge in [0.1, 0.15) is 0 Å². The fourth-order valence-electron chi connectivity index (χ4n) is 3.78. The van der Waals surface area contributed by atoms with E-state index in [4.69, 9.17) is 4.74 Å². The van der Waals surface area contributed by atoms with E-state index in [0.29, 0.717) is 5.69 Å². The lowest BCUT2D eigenvalue weighted by atomic mass is 9.89.